The number of rotatable bonds is 8. The molecular formula is C14H32N2. The highest BCUT2D eigenvalue weighted by molar-refractivity contribution is 4.82. The van der Waals surface area contributed by atoms with Gasteiger partial charge in [-0.25, -0.2) is 0 Å². The maximum absolute atomic E-state index is 3.65. The van der Waals surface area contributed by atoms with E-state index >= 15 is 0 Å². The standard InChI is InChI=1S/C14H32N2/c1-8-10-15-13(12(3)4)11-16(7)14(5,6)9-2/h12-13,15H,8-11H2,1-7H3. The van der Waals surface area contributed by atoms with Gasteiger partial charge in [0.2, 0.25) is 0 Å². The Morgan fingerprint density at radius 1 is 1.19 bits per heavy atom. The monoisotopic (exact) mass is 228 g/mol. The summed E-state index contributed by atoms with van der Waals surface area (Å²) >= 11 is 0. The number of hydrogen-bond donors (Lipinski definition) is 1. The van der Waals surface area contributed by atoms with Crippen LogP contribution in [0.5, 0.6) is 0 Å². The highest BCUT2D eigenvalue weighted by Crippen LogP contribution is 2.17. The summed E-state index contributed by atoms with van der Waals surface area (Å²) in [5.41, 5.74) is 0.307. The van der Waals surface area contributed by atoms with Crippen molar-refractivity contribution < 1.29 is 0 Å². The maximum atomic E-state index is 3.65. The minimum Gasteiger partial charge on any atom is -0.312 e. The number of nitrogens with one attached hydrogen (secondary N) is 1. The Morgan fingerprint density at radius 3 is 2.12 bits per heavy atom. The molecule has 0 saturated heterocycles. The van der Waals surface area contributed by atoms with Gasteiger partial charge in [-0.2, -0.15) is 0 Å². The van der Waals surface area contributed by atoms with E-state index < -0.39 is 0 Å². The summed E-state index contributed by atoms with van der Waals surface area (Å²) in [7, 11) is 2.24. The first-order valence-corrected chi connectivity index (χ1v) is 6.79. The first-order chi connectivity index (χ1) is 7.35. The molecular weight excluding hydrogens is 196 g/mol. The van der Waals surface area contributed by atoms with Crippen LogP contribution >= 0.6 is 0 Å². The largest absolute Gasteiger partial charge is 0.312 e. The fourth-order valence-corrected chi connectivity index (χ4v) is 1.65. The van der Waals surface area contributed by atoms with Crippen molar-refractivity contribution in [1.82, 2.24) is 10.2 Å². The topological polar surface area (TPSA) is 15.3 Å². The third kappa shape index (κ3) is 5.31. The molecule has 1 N–H and O–H groups in total. The quantitative estimate of drug-likeness (QED) is 0.686. The van der Waals surface area contributed by atoms with Crippen LogP contribution in [-0.2, 0) is 0 Å². The molecule has 16 heavy (non-hydrogen) atoms. The molecule has 1 unspecified atom stereocenters. The van der Waals surface area contributed by atoms with E-state index in [9.17, 15) is 0 Å². The Labute approximate surface area is 103 Å². The fraction of sp³-hybridized carbons (Fsp3) is 1.00. The van der Waals surface area contributed by atoms with Crippen molar-refractivity contribution in [3.8, 4) is 0 Å². The molecule has 0 aromatic rings. The summed E-state index contributed by atoms with van der Waals surface area (Å²) in [6, 6.07) is 0.607. The van der Waals surface area contributed by atoms with Crippen LogP contribution in [0.1, 0.15) is 54.4 Å². The highest BCUT2D eigenvalue weighted by atomic mass is 15.2. The lowest BCUT2D eigenvalue weighted by Crippen LogP contribution is -2.50. The van der Waals surface area contributed by atoms with Gasteiger partial charge in [0.25, 0.3) is 0 Å². The van der Waals surface area contributed by atoms with E-state index in [1.54, 1.807) is 0 Å². The number of likely N-dealkylation sites (N-methyl/N-ethyl adjacent to an activating group) is 1. The average molecular weight is 228 g/mol. The normalized spacial score (nSPS) is 14.8. The molecule has 2 nitrogen and oxygen atoms in total. The van der Waals surface area contributed by atoms with Crippen molar-refractivity contribution in [3.05, 3.63) is 0 Å². The van der Waals surface area contributed by atoms with Gasteiger partial charge >= 0.3 is 0 Å². The maximum Gasteiger partial charge on any atom is 0.0218 e. The molecule has 0 heterocycles. The van der Waals surface area contributed by atoms with Gasteiger partial charge in [0, 0.05) is 18.1 Å². The van der Waals surface area contributed by atoms with E-state index in [1.165, 1.54) is 12.8 Å². The van der Waals surface area contributed by atoms with Crippen molar-refractivity contribution in [2.24, 2.45) is 5.92 Å². The molecule has 0 saturated carbocycles. The fourth-order valence-electron chi connectivity index (χ4n) is 1.65. The lowest BCUT2D eigenvalue weighted by Gasteiger charge is -2.38. The summed E-state index contributed by atoms with van der Waals surface area (Å²) in [6.07, 6.45) is 2.41. The molecule has 0 aliphatic rings. The predicted octanol–water partition coefficient (Wildman–Crippen LogP) is 3.13. The summed E-state index contributed by atoms with van der Waals surface area (Å²) in [5.74, 6) is 0.696. The van der Waals surface area contributed by atoms with Gasteiger partial charge in [0.1, 0.15) is 0 Å². The lowest BCUT2D eigenvalue weighted by molar-refractivity contribution is 0.125. The molecule has 0 fully saturated rings. The van der Waals surface area contributed by atoms with E-state index in [0.29, 0.717) is 17.5 Å². The summed E-state index contributed by atoms with van der Waals surface area (Å²) < 4.78 is 0. The van der Waals surface area contributed by atoms with Crippen LogP contribution in [0, 0.1) is 5.92 Å². The molecule has 0 radical (unpaired) electrons. The number of nitrogens with zero attached hydrogens (tertiary/aromatic N) is 1. The lowest BCUT2D eigenvalue weighted by atomic mass is 9.96. The SMILES string of the molecule is CCCNC(CN(C)C(C)(C)CC)C(C)C. The zero-order valence-electron chi connectivity index (χ0n) is 12.4. The highest BCUT2D eigenvalue weighted by Gasteiger charge is 2.24. The van der Waals surface area contributed by atoms with E-state index in [2.05, 4.69) is 58.8 Å². The van der Waals surface area contributed by atoms with Gasteiger partial charge in [-0.1, -0.05) is 27.7 Å². The Kier molecular flexibility index (Phi) is 7.25. The molecule has 0 aliphatic carbocycles. The molecule has 0 aromatic heterocycles. The second-order valence-corrected chi connectivity index (χ2v) is 5.85. The Balaban J connectivity index is 4.28. The summed E-state index contributed by atoms with van der Waals surface area (Å²) in [6.45, 7) is 16.0. The second kappa shape index (κ2) is 7.29. The van der Waals surface area contributed by atoms with E-state index in [4.69, 9.17) is 0 Å². The summed E-state index contributed by atoms with van der Waals surface area (Å²) in [5, 5.41) is 3.65. The second-order valence-electron chi connectivity index (χ2n) is 5.85. The molecule has 2 heteroatoms. The first kappa shape index (κ1) is 15.9. The average Bonchev–Trinajstić information content (AvgIpc) is 2.23. The Morgan fingerprint density at radius 2 is 1.75 bits per heavy atom. The van der Waals surface area contributed by atoms with Crippen molar-refractivity contribution in [2.75, 3.05) is 20.1 Å². The van der Waals surface area contributed by atoms with Gasteiger partial charge in [-0.3, -0.25) is 4.90 Å². The summed E-state index contributed by atoms with van der Waals surface area (Å²) in [4.78, 5) is 2.49. The molecule has 0 bridgehead atoms. The minimum atomic E-state index is 0.307. The molecule has 0 amide bonds. The van der Waals surface area contributed by atoms with Crippen LogP contribution in [0.25, 0.3) is 0 Å². The third-order valence-electron chi connectivity index (χ3n) is 3.83. The minimum absolute atomic E-state index is 0.307. The van der Waals surface area contributed by atoms with Crippen LogP contribution in [0.3, 0.4) is 0 Å². The van der Waals surface area contributed by atoms with Gasteiger partial charge in [0.05, 0.1) is 0 Å². The van der Waals surface area contributed by atoms with Crippen LogP contribution in [0.2, 0.25) is 0 Å². The van der Waals surface area contributed by atoms with Crippen molar-refractivity contribution >= 4 is 0 Å². The zero-order valence-corrected chi connectivity index (χ0v) is 12.4. The van der Waals surface area contributed by atoms with Crippen LogP contribution in [0.15, 0.2) is 0 Å². The third-order valence-corrected chi connectivity index (χ3v) is 3.83. The van der Waals surface area contributed by atoms with Crippen LogP contribution in [-0.4, -0.2) is 36.6 Å². The van der Waals surface area contributed by atoms with Crippen molar-refractivity contribution in [3.63, 3.8) is 0 Å². The molecule has 0 spiro atoms. The van der Waals surface area contributed by atoms with E-state index in [1.807, 2.05) is 0 Å². The van der Waals surface area contributed by atoms with E-state index in [0.717, 1.165) is 13.1 Å². The van der Waals surface area contributed by atoms with Crippen LogP contribution < -0.4 is 5.32 Å². The predicted molar refractivity (Wildman–Crippen MR) is 73.9 cm³/mol. The molecule has 0 rings (SSSR count). The van der Waals surface area contributed by atoms with Crippen molar-refractivity contribution in [2.45, 2.75) is 66.0 Å². The molecule has 98 valence electrons. The van der Waals surface area contributed by atoms with Gasteiger partial charge < -0.3 is 5.32 Å². The Bertz CT molecular complexity index is 176. The Hall–Kier alpha value is -0.0800. The van der Waals surface area contributed by atoms with Crippen LogP contribution in [0.4, 0.5) is 0 Å². The molecule has 0 aromatic carbocycles. The van der Waals surface area contributed by atoms with Gasteiger partial charge in [0.15, 0.2) is 0 Å². The van der Waals surface area contributed by atoms with E-state index in [-0.39, 0.29) is 0 Å². The number of hydrogen-bond acceptors (Lipinski definition) is 2. The smallest absolute Gasteiger partial charge is 0.0218 e. The molecule has 1 atom stereocenters. The van der Waals surface area contributed by atoms with Gasteiger partial charge in [-0.15, -0.1) is 0 Å². The first-order valence-electron chi connectivity index (χ1n) is 6.79. The van der Waals surface area contributed by atoms with Crippen molar-refractivity contribution in [1.29, 1.82) is 0 Å². The van der Waals surface area contributed by atoms with Gasteiger partial charge in [-0.05, 0) is 46.2 Å². The zero-order chi connectivity index (χ0) is 12.8. The molecule has 0 aliphatic heterocycles.